The highest BCUT2D eigenvalue weighted by Gasteiger charge is 2.18. The third-order valence-electron chi connectivity index (χ3n) is 3.20. The fraction of sp³-hybridized carbons (Fsp3) is 0.600. The smallest absolute Gasteiger partial charge is 0.128 e. The van der Waals surface area contributed by atoms with Crippen molar-refractivity contribution < 1.29 is 8.78 Å². The van der Waals surface area contributed by atoms with Crippen LogP contribution in [0.2, 0.25) is 0 Å². The quantitative estimate of drug-likeness (QED) is 0.759. The summed E-state index contributed by atoms with van der Waals surface area (Å²) in [5, 5.41) is 3.25. The van der Waals surface area contributed by atoms with Gasteiger partial charge in [0.15, 0.2) is 0 Å². The van der Waals surface area contributed by atoms with E-state index in [-0.39, 0.29) is 17.7 Å². The molecule has 1 nitrogen and oxygen atoms in total. The Morgan fingerprint density at radius 1 is 1.22 bits per heavy atom. The van der Waals surface area contributed by atoms with Crippen LogP contribution in [0.4, 0.5) is 8.78 Å². The Hall–Kier alpha value is -0.960. The second kappa shape index (κ2) is 7.47. The molecule has 0 saturated carbocycles. The van der Waals surface area contributed by atoms with Crippen molar-refractivity contribution in [2.45, 2.75) is 46.1 Å². The van der Waals surface area contributed by atoms with Crippen molar-refractivity contribution >= 4 is 0 Å². The first-order valence-corrected chi connectivity index (χ1v) is 6.76. The lowest BCUT2D eigenvalue weighted by molar-refractivity contribution is 0.385. The van der Waals surface area contributed by atoms with E-state index in [0.29, 0.717) is 11.5 Å². The van der Waals surface area contributed by atoms with Gasteiger partial charge in [-0.15, -0.1) is 0 Å². The number of nitrogens with one attached hydrogen (secondary N) is 1. The SMILES string of the molecule is CCCC(C)CC(NCC)c1cc(F)ccc1F. The Morgan fingerprint density at radius 3 is 2.56 bits per heavy atom. The molecule has 1 aromatic carbocycles. The number of rotatable bonds is 7. The third kappa shape index (κ3) is 4.37. The first-order valence-electron chi connectivity index (χ1n) is 6.76. The van der Waals surface area contributed by atoms with Crippen LogP contribution in [0.3, 0.4) is 0 Å². The Kier molecular flexibility index (Phi) is 6.27. The lowest BCUT2D eigenvalue weighted by Gasteiger charge is -2.22. The van der Waals surface area contributed by atoms with E-state index in [2.05, 4.69) is 19.2 Å². The minimum atomic E-state index is -0.377. The van der Waals surface area contributed by atoms with Gasteiger partial charge >= 0.3 is 0 Å². The van der Waals surface area contributed by atoms with Gasteiger partial charge in [-0.3, -0.25) is 0 Å². The van der Waals surface area contributed by atoms with Crippen molar-refractivity contribution in [1.82, 2.24) is 5.32 Å². The predicted octanol–water partition coefficient (Wildman–Crippen LogP) is 4.44. The molecular weight excluding hydrogens is 232 g/mol. The molecule has 0 aromatic heterocycles. The predicted molar refractivity (Wildman–Crippen MR) is 71.5 cm³/mol. The van der Waals surface area contributed by atoms with Gasteiger partial charge in [-0.05, 0) is 37.1 Å². The zero-order valence-corrected chi connectivity index (χ0v) is 11.5. The van der Waals surface area contributed by atoms with E-state index in [4.69, 9.17) is 0 Å². The van der Waals surface area contributed by atoms with Crippen LogP contribution >= 0.6 is 0 Å². The average molecular weight is 255 g/mol. The zero-order chi connectivity index (χ0) is 13.5. The second-order valence-corrected chi connectivity index (χ2v) is 4.91. The maximum absolute atomic E-state index is 13.8. The van der Waals surface area contributed by atoms with Crippen LogP contribution in [0.5, 0.6) is 0 Å². The lowest BCUT2D eigenvalue weighted by atomic mass is 9.92. The molecule has 0 aliphatic heterocycles. The molecule has 0 aliphatic rings. The molecule has 102 valence electrons. The van der Waals surface area contributed by atoms with E-state index in [0.717, 1.165) is 31.9 Å². The van der Waals surface area contributed by atoms with Gasteiger partial charge in [0, 0.05) is 11.6 Å². The summed E-state index contributed by atoms with van der Waals surface area (Å²) < 4.78 is 27.0. The van der Waals surface area contributed by atoms with Crippen LogP contribution in [-0.2, 0) is 0 Å². The summed E-state index contributed by atoms with van der Waals surface area (Å²) in [7, 11) is 0. The topological polar surface area (TPSA) is 12.0 Å². The molecule has 2 unspecified atom stereocenters. The van der Waals surface area contributed by atoms with Crippen LogP contribution in [0.15, 0.2) is 18.2 Å². The number of hydrogen-bond acceptors (Lipinski definition) is 1. The minimum absolute atomic E-state index is 0.104. The first kappa shape index (κ1) is 15.1. The standard InChI is InChI=1S/C15H23F2N/c1-4-6-11(3)9-15(18-5-2)13-10-12(16)7-8-14(13)17/h7-8,10-11,15,18H,4-6,9H2,1-3H3. The van der Waals surface area contributed by atoms with Crippen LogP contribution < -0.4 is 5.32 Å². The fourth-order valence-electron chi connectivity index (χ4n) is 2.36. The summed E-state index contributed by atoms with van der Waals surface area (Å²) in [5.74, 6) is -0.204. The summed E-state index contributed by atoms with van der Waals surface area (Å²) in [6.07, 6.45) is 3.06. The lowest BCUT2D eigenvalue weighted by Crippen LogP contribution is -2.24. The van der Waals surface area contributed by atoms with Gasteiger partial charge in [0.1, 0.15) is 11.6 Å². The van der Waals surface area contributed by atoms with E-state index in [9.17, 15) is 8.78 Å². The Labute approximate surface area is 109 Å². The summed E-state index contributed by atoms with van der Waals surface area (Å²) in [5.41, 5.74) is 0.444. The van der Waals surface area contributed by atoms with Gasteiger partial charge in [-0.2, -0.15) is 0 Å². The molecule has 0 fully saturated rings. The van der Waals surface area contributed by atoms with Crippen LogP contribution in [0.1, 0.15) is 51.6 Å². The summed E-state index contributed by atoms with van der Waals surface area (Å²) in [6.45, 7) is 7.03. The van der Waals surface area contributed by atoms with Crippen molar-refractivity contribution in [3.8, 4) is 0 Å². The Morgan fingerprint density at radius 2 is 1.94 bits per heavy atom. The highest BCUT2D eigenvalue weighted by Crippen LogP contribution is 2.26. The summed E-state index contributed by atoms with van der Waals surface area (Å²) >= 11 is 0. The molecule has 0 saturated heterocycles. The van der Waals surface area contributed by atoms with E-state index in [1.54, 1.807) is 0 Å². The van der Waals surface area contributed by atoms with E-state index in [1.807, 2.05) is 6.92 Å². The normalized spacial score (nSPS) is 14.5. The highest BCUT2D eigenvalue weighted by atomic mass is 19.1. The van der Waals surface area contributed by atoms with Crippen molar-refractivity contribution in [2.24, 2.45) is 5.92 Å². The molecule has 0 bridgehead atoms. The van der Waals surface area contributed by atoms with Gasteiger partial charge in [0.2, 0.25) is 0 Å². The van der Waals surface area contributed by atoms with E-state index >= 15 is 0 Å². The Balaban J connectivity index is 2.85. The molecule has 0 amide bonds. The molecular formula is C15H23F2N. The molecule has 0 aliphatic carbocycles. The van der Waals surface area contributed by atoms with Gasteiger partial charge in [0.05, 0.1) is 0 Å². The minimum Gasteiger partial charge on any atom is -0.310 e. The van der Waals surface area contributed by atoms with Gasteiger partial charge in [-0.1, -0.05) is 33.6 Å². The third-order valence-corrected chi connectivity index (χ3v) is 3.20. The van der Waals surface area contributed by atoms with Gasteiger partial charge in [-0.25, -0.2) is 8.78 Å². The molecule has 1 N–H and O–H groups in total. The number of hydrogen-bond donors (Lipinski definition) is 1. The van der Waals surface area contributed by atoms with Gasteiger partial charge < -0.3 is 5.32 Å². The number of halogens is 2. The molecule has 18 heavy (non-hydrogen) atoms. The second-order valence-electron chi connectivity index (χ2n) is 4.91. The van der Waals surface area contributed by atoms with Crippen molar-refractivity contribution in [2.75, 3.05) is 6.54 Å². The van der Waals surface area contributed by atoms with Crippen LogP contribution in [0, 0.1) is 17.6 Å². The molecule has 1 aromatic rings. The van der Waals surface area contributed by atoms with Gasteiger partial charge in [0.25, 0.3) is 0 Å². The zero-order valence-electron chi connectivity index (χ0n) is 11.5. The maximum atomic E-state index is 13.8. The molecule has 0 spiro atoms. The number of benzene rings is 1. The van der Waals surface area contributed by atoms with Crippen molar-refractivity contribution in [1.29, 1.82) is 0 Å². The summed E-state index contributed by atoms with van der Waals surface area (Å²) in [6, 6.07) is 3.57. The molecule has 0 heterocycles. The first-order chi connectivity index (χ1) is 8.58. The molecule has 0 radical (unpaired) electrons. The molecule has 2 atom stereocenters. The summed E-state index contributed by atoms with van der Waals surface area (Å²) in [4.78, 5) is 0. The van der Waals surface area contributed by atoms with E-state index in [1.165, 1.54) is 12.1 Å². The van der Waals surface area contributed by atoms with Crippen LogP contribution in [-0.4, -0.2) is 6.54 Å². The van der Waals surface area contributed by atoms with Crippen LogP contribution in [0.25, 0.3) is 0 Å². The average Bonchev–Trinajstić information content (AvgIpc) is 2.32. The Bertz CT molecular complexity index is 366. The maximum Gasteiger partial charge on any atom is 0.128 e. The van der Waals surface area contributed by atoms with Crippen molar-refractivity contribution in [3.63, 3.8) is 0 Å². The fourth-order valence-corrected chi connectivity index (χ4v) is 2.36. The highest BCUT2D eigenvalue weighted by molar-refractivity contribution is 5.22. The molecule has 3 heteroatoms. The monoisotopic (exact) mass is 255 g/mol. The van der Waals surface area contributed by atoms with Crippen molar-refractivity contribution in [3.05, 3.63) is 35.4 Å². The van der Waals surface area contributed by atoms with E-state index < -0.39 is 0 Å². The largest absolute Gasteiger partial charge is 0.310 e. The molecule has 1 rings (SSSR count).